The van der Waals surface area contributed by atoms with Crippen molar-refractivity contribution in [1.29, 1.82) is 0 Å². The van der Waals surface area contributed by atoms with Gasteiger partial charge in [-0.25, -0.2) is 0 Å². The van der Waals surface area contributed by atoms with Crippen LogP contribution < -0.4 is 0 Å². The van der Waals surface area contributed by atoms with Crippen molar-refractivity contribution >= 4 is 11.9 Å². The van der Waals surface area contributed by atoms with Gasteiger partial charge in [-0.15, -0.1) is 0 Å². The Hall–Kier alpha value is -1.06. The first kappa shape index (κ1) is 21.9. The lowest BCUT2D eigenvalue weighted by Gasteiger charge is -2.09. The van der Waals surface area contributed by atoms with Crippen LogP contribution in [0.3, 0.4) is 0 Å². The van der Waals surface area contributed by atoms with E-state index in [1.54, 1.807) is 0 Å². The normalized spacial score (nSPS) is 12.0. The van der Waals surface area contributed by atoms with Gasteiger partial charge in [0.25, 0.3) is 0 Å². The number of carbonyl (C=O) groups excluding carboxylic acids is 2. The van der Waals surface area contributed by atoms with Crippen LogP contribution in [0, 0.1) is 5.92 Å². The molecule has 0 aromatic carbocycles. The highest BCUT2D eigenvalue weighted by atomic mass is 16.5. The van der Waals surface area contributed by atoms with Gasteiger partial charge in [-0.05, 0) is 12.3 Å². The molecule has 0 heterocycles. The van der Waals surface area contributed by atoms with Gasteiger partial charge >= 0.3 is 11.9 Å². The first-order valence-electron chi connectivity index (χ1n) is 9.23. The van der Waals surface area contributed by atoms with Crippen LogP contribution in [0.2, 0.25) is 0 Å². The molecule has 0 aromatic rings. The van der Waals surface area contributed by atoms with E-state index in [9.17, 15) is 9.59 Å². The van der Waals surface area contributed by atoms with Gasteiger partial charge in [-0.3, -0.25) is 9.59 Å². The molecule has 1 atom stereocenters. The predicted octanol–water partition coefficient (Wildman–Crippen LogP) is 5.04. The predicted molar refractivity (Wildman–Crippen MR) is 93.2 cm³/mol. The largest absolute Gasteiger partial charge is 0.469 e. The lowest BCUT2D eigenvalue weighted by molar-refractivity contribution is -0.142. The Morgan fingerprint density at radius 3 is 1.61 bits per heavy atom. The van der Waals surface area contributed by atoms with Crippen LogP contribution in [-0.2, 0) is 19.1 Å². The summed E-state index contributed by atoms with van der Waals surface area (Å²) < 4.78 is 9.30. The number of unbranched alkanes of at least 4 members (excludes halogenated alkanes) is 9. The Labute approximate surface area is 142 Å². The first-order valence-corrected chi connectivity index (χ1v) is 9.23. The van der Waals surface area contributed by atoms with Gasteiger partial charge in [0.15, 0.2) is 0 Å². The van der Waals surface area contributed by atoms with Crippen molar-refractivity contribution in [3.63, 3.8) is 0 Å². The SMILES string of the molecule is COC(=O)CCCCCCCCCCCCC(C)CC(=O)OC. The lowest BCUT2D eigenvalue weighted by atomic mass is 9.99. The van der Waals surface area contributed by atoms with Crippen LogP contribution in [0.15, 0.2) is 0 Å². The zero-order valence-corrected chi connectivity index (χ0v) is 15.4. The molecule has 0 aliphatic carbocycles. The van der Waals surface area contributed by atoms with E-state index >= 15 is 0 Å². The molecule has 4 heteroatoms. The molecule has 4 nitrogen and oxygen atoms in total. The first-order chi connectivity index (χ1) is 11.1. The molecule has 1 unspecified atom stereocenters. The Balaban J connectivity index is 3.19. The molecule has 0 saturated heterocycles. The van der Waals surface area contributed by atoms with Gasteiger partial charge in [-0.2, -0.15) is 0 Å². The molecule has 0 aliphatic rings. The van der Waals surface area contributed by atoms with E-state index in [0.717, 1.165) is 19.3 Å². The maximum Gasteiger partial charge on any atom is 0.305 e. The van der Waals surface area contributed by atoms with Crippen LogP contribution in [0.1, 0.15) is 90.4 Å². The van der Waals surface area contributed by atoms with E-state index in [1.165, 1.54) is 65.6 Å². The van der Waals surface area contributed by atoms with Crippen LogP contribution >= 0.6 is 0 Å². The van der Waals surface area contributed by atoms with Crippen molar-refractivity contribution in [3.05, 3.63) is 0 Å². The van der Waals surface area contributed by atoms with Crippen LogP contribution in [-0.4, -0.2) is 26.2 Å². The minimum atomic E-state index is -0.0934. The minimum absolute atomic E-state index is 0.0918. The van der Waals surface area contributed by atoms with Crippen molar-refractivity contribution in [3.8, 4) is 0 Å². The molecule has 0 radical (unpaired) electrons. The summed E-state index contributed by atoms with van der Waals surface area (Å²) in [4.78, 5) is 22.1. The quantitative estimate of drug-likeness (QED) is 0.312. The van der Waals surface area contributed by atoms with Crippen LogP contribution in [0.4, 0.5) is 0 Å². The molecular weight excluding hydrogens is 292 g/mol. The summed E-state index contributed by atoms with van der Waals surface area (Å²) in [5.41, 5.74) is 0. The number of esters is 2. The third-order valence-electron chi connectivity index (χ3n) is 4.30. The second kappa shape index (κ2) is 15.8. The van der Waals surface area contributed by atoms with Gasteiger partial charge < -0.3 is 9.47 Å². The summed E-state index contributed by atoms with van der Waals surface area (Å²) in [6.07, 6.45) is 14.5. The molecule has 0 aromatic heterocycles. The highest BCUT2D eigenvalue weighted by Gasteiger charge is 2.08. The summed E-state index contributed by atoms with van der Waals surface area (Å²) in [6.45, 7) is 2.12. The monoisotopic (exact) mass is 328 g/mol. The number of methoxy groups -OCH3 is 2. The van der Waals surface area contributed by atoms with Crippen molar-refractivity contribution in [2.24, 2.45) is 5.92 Å². The van der Waals surface area contributed by atoms with Crippen molar-refractivity contribution in [1.82, 2.24) is 0 Å². The molecular formula is C19H36O4. The van der Waals surface area contributed by atoms with E-state index in [-0.39, 0.29) is 11.9 Å². The smallest absolute Gasteiger partial charge is 0.305 e. The lowest BCUT2D eigenvalue weighted by Crippen LogP contribution is -2.06. The summed E-state index contributed by atoms with van der Waals surface area (Å²) in [5.74, 6) is 0.252. The fraction of sp³-hybridized carbons (Fsp3) is 0.895. The Morgan fingerprint density at radius 2 is 1.13 bits per heavy atom. The Bertz CT molecular complexity index is 302. The van der Waals surface area contributed by atoms with Crippen LogP contribution in [0.25, 0.3) is 0 Å². The number of rotatable bonds is 15. The van der Waals surface area contributed by atoms with Gasteiger partial charge in [0.05, 0.1) is 14.2 Å². The number of hydrogen-bond donors (Lipinski definition) is 0. The topological polar surface area (TPSA) is 52.6 Å². The summed E-state index contributed by atoms with van der Waals surface area (Å²) in [5, 5.41) is 0. The average Bonchev–Trinajstić information content (AvgIpc) is 2.55. The zero-order valence-electron chi connectivity index (χ0n) is 15.4. The second-order valence-electron chi connectivity index (χ2n) is 6.54. The van der Waals surface area contributed by atoms with E-state index in [1.807, 2.05) is 0 Å². The van der Waals surface area contributed by atoms with E-state index in [2.05, 4.69) is 16.4 Å². The van der Waals surface area contributed by atoms with Crippen molar-refractivity contribution < 1.29 is 19.1 Å². The Kier molecular flexibility index (Phi) is 15.1. The summed E-state index contributed by atoms with van der Waals surface area (Å²) in [7, 11) is 2.90. The second-order valence-corrected chi connectivity index (χ2v) is 6.54. The highest BCUT2D eigenvalue weighted by molar-refractivity contribution is 5.69. The average molecular weight is 328 g/mol. The molecule has 0 aliphatic heterocycles. The molecule has 0 fully saturated rings. The maximum absolute atomic E-state index is 11.1. The fourth-order valence-corrected chi connectivity index (χ4v) is 2.75. The number of ether oxygens (including phenoxy) is 2. The third-order valence-corrected chi connectivity index (χ3v) is 4.30. The van der Waals surface area contributed by atoms with Crippen molar-refractivity contribution in [2.45, 2.75) is 90.4 Å². The molecule has 0 bridgehead atoms. The highest BCUT2D eigenvalue weighted by Crippen LogP contribution is 2.16. The van der Waals surface area contributed by atoms with Crippen LogP contribution in [0.5, 0.6) is 0 Å². The van der Waals surface area contributed by atoms with E-state index in [4.69, 9.17) is 0 Å². The maximum atomic E-state index is 11.1. The van der Waals surface area contributed by atoms with E-state index < -0.39 is 0 Å². The number of carbonyl (C=O) groups is 2. The molecule has 0 saturated carbocycles. The molecule has 23 heavy (non-hydrogen) atoms. The standard InChI is InChI=1S/C19H36O4/c1-17(16-19(21)23-3)14-12-10-8-6-4-5-7-9-11-13-15-18(20)22-2/h17H,4-16H2,1-3H3. The minimum Gasteiger partial charge on any atom is -0.469 e. The molecule has 0 spiro atoms. The molecule has 0 N–H and O–H groups in total. The van der Waals surface area contributed by atoms with Gasteiger partial charge in [0.2, 0.25) is 0 Å². The van der Waals surface area contributed by atoms with Gasteiger partial charge in [0, 0.05) is 12.8 Å². The number of hydrogen-bond acceptors (Lipinski definition) is 4. The Morgan fingerprint density at radius 1 is 0.696 bits per heavy atom. The zero-order chi connectivity index (χ0) is 17.3. The van der Waals surface area contributed by atoms with E-state index in [0.29, 0.717) is 18.8 Å². The summed E-state index contributed by atoms with van der Waals surface area (Å²) in [6, 6.07) is 0. The third kappa shape index (κ3) is 15.6. The summed E-state index contributed by atoms with van der Waals surface area (Å²) >= 11 is 0. The van der Waals surface area contributed by atoms with Crippen molar-refractivity contribution in [2.75, 3.05) is 14.2 Å². The van der Waals surface area contributed by atoms with Gasteiger partial charge in [0.1, 0.15) is 0 Å². The molecule has 136 valence electrons. The van der Waals surface area contributed by atoms with Gasteiger partial charge in [-0.1, -0.05) is 71.1 Å². The molecule has 0 rings (SSSR count). The fourth-order valence-electron chi connectivity index (χ4n) is 2.75. The molecule has 0 amide bonds.